The van der Waals surface area contributed by atoms with Crippen LogP contribution in [0.2, 0.25) is 0 Å². The average molecular weight is 470 g/mol. The van der Waals surface area contributed by atoms with Gasteiger partial charge >= 0.3 is 0 Å². The Morgan fingerprint density at radius 2 is 2.09 bits per heavy atom. The third-order valence-electron chi connectivity index (χ3n) is 5.54. The van der Waals surface area contributed by atoms with Gasteiger partial charge in [0, 0.05) is 36.1 Å². The molecule has 8 nitrogen and oxygen atoms in total. The second kappa shape index (κ2) is 14.1. The molecule has 0 spiro atoms. The van der Waals surface area contributed by atoms with Crippen LogP contribution in [0, 0.1) is 5.92 Å². The van der Waals surface area contributed by atoms with Crippen molar-refractivity contribution in [2.45, 2.75) is 58.4 Å². The molecule has 0 bridgehead atoms. The number of amides is 2. The first-order chi connectivity index (χ1) is 15.1. The summed E-state index contributed by atoms with van der Waals surface area (Å²) in [5.41, 5.74) is 0. The zero-order valence-corrected chi connectivity index (χ0v) is 20.7. The fourth-order valence-corrected chi connectivity index (χ4v) is 4.32. The van der Waals surface area contributed by atoms with E-state index < -0.39 is 15.7 Å². The number of nitrogens with one attached hydrogen (secondary N) is 1. The van der Waals surface area contributed by atoms with Crippen LogP contribution in [0.4, 0.5) is 0 Å². The quantitative estimate of drug-likeness (QED) is 0.419. The lowest BCUT2D eigenvalue weighted by molar-refractivity contribution is -0.129. The molecule has 1 N–H and O–H groups in total. The highest BCUT2D eigenvalue weighted by molar-refractivity contribution is 7.97. The van der Waals surface area contributed by atoms with Gasteiger partial charge in [-0.2, -0.15) is 0 Å². The molecule has 1 aromatic rings. The first-order valence-corrected chi connectivity index (χ1v) is 13.3. The van der Waals surface area contributed by atoms with Crippen LogP contribution >= 0.6 is 0 Å². The highest BCUT2D eigenvalue weighted by atomic mass is 32.2. The molecular formula is C23H39N3O5S. The van der Waals surface area contributed by atoms with E-state index in [0.29, 0.717) is 18.9 Å². The molecule has 1 fully saturated rings. The molecule has 0 aromatic carbocycles. The molecule has 2 amide bonds. The van der Waals surface area contributed by atoms with Crippen molar-refractivity contribution in [1.82, 2.24) is 14.5 Å². The summed E-state index contributed by atoms with van der Waals surface area (Å²) in [6.45, 7) is 5.94. The molecule has 1 aliphatic rings. The molecule has 1 saturated heterocycles. The lowest BCUT2D eigenvalue weighted by atomic mass is 9.92. The van der Waals surface area contributed by atoms with E-state index in [1.807, 2.05) is 0 Å². The first kappa shape index (κ1) is 27.9. The molecule has 3 unspecified atom stereocenters. The number of hydrogen-bond acceptors (Lipinski definition) is 5. The number of nitrogens with zero attached hydrogens (tertiary/aromatic N) is 2. The molecule has 2 heterocycles. The van der Waals surface area contributed by atoms with Gasteiger partial charge in [0.1, 0.15) is 6.29 Å². The van der Waals surface area contributed by atoms with E-state index >= 15 is 0 Å². The minimum atomic E-state index is -2.22. The van der Waals surface area contributed by atoms with Crippen LogP contribution in [0.1, 0.15) is 62.9 Å². The maximum absolute atomic E-state index is 11.8. The van der Waals surface area contributed by atoms with Crippen molar-refractivity contribution in [2.24, 2.45) is 5.92 Å². The van der Waals surface area contributed by atoms with E-state index in [4.69, 9.17) is 4.42 Å². The number of hydrogen-bond donors (Lipinski definition) is 1. The number of carbonyl (C=O) groups excluding carboxylic acids is 3. The van der Waals surface area contributed by atoms with E-state index in [1.54, 1.807) is 34.6 Å². The number of aldehydes is 1. The van der Waals surface area contributed by atoms with Crippen LogP contribution in [0.25, 0.3) is 0 Å². The van der Waals surface area contributed by atoms with E-state index in [-0.39, 0.29) is 24.1 Å². The van der Waals surface area contributed by atoms with Gasteiger partial charge in [0.15, 0.2) is 5.76 Å². The summed E-state index contributed by atoms with van der Waals surface area (Å²) < 4.78 is 18.3. The van der Waals surface area contributed by atoms with Gasteiger partial charge in [0.25, 0.3) is 5.91 Å². The van der Waals surface area contributed by atoms with Crippen molar-refractivity contribution < 1.29 is 23.0 Å². The van der Waals surface area contributed by atoms with Gasteiger partial charge in [0.2, 0.25) is 5.91 Å². The van der Waals surface area contributed by atoms with Crippen molar-refractivity contribution in [3.05, 3.63) is 24.2 Å². The number of likely N-dealkylation sites (N-methyl/N-ethyl adjacent to an activating group) is 1. The molecule has 2 rings (SSSR count). The molecule has 1 aromatic heterocycles. The SMILES string of the molecule is C=S(C)(=O)N1CCCN(C)C(=O)C1.CCCCC(CC)CC(C=O)NC(=O)c1ccco1. The van der Waals surface area contributed by atoms with Crippen molar-refractivity contribution in [3.63, 3.8) is 0 Å². The summed E-state index contributed by atoms with van der Waals surface area (Å²) in [7, 11) is -0.449. The third-order valence-corrected chi connectivity index (χ3v) is 6.94. The number of unbranched alkanes of at least 4 members (excludes halogenated alkanes) is 1. The molecule has 0 saturated carbocycles. The van der Waals surface area contributed by atoms with Gasteiger partial charge in [-0.05, 0) is 36.8 Å². The van der Waals surface area contributed by atoms with E-state index in [1.165, 1.54) is 6.26 Å². The zero-order chi connectivity index (χ0) is 24.1. The first-order valence-electron chi connectivity index (χ1n) is 11.2. The second-order valence-electron chi connectivity index (χ2n) is 8.34. The third kappa shape index (κ3) is 9.99. The lowest BCUT2D eigenvalue weighted by Crippen LogP contribution is -2.37. The summed E-state index contributed by atoms with van der Waals surface area (Å²) in [6.07, 6.45) is 9.85. The largest absolute Gasteiger partial charge is 0.459 e. The summed E-state index contributed by atoms with van der Waals surface area (Å²) in [5.74, 6) is 4.00. The number of rotatable bonds is 10. The molecule has 1 aliphatic heterocycles. The van der Waals surface area contributed by atoms with Gasteiger partial charge in [-0.3, -0.25) is 13.8 Å². The van der Waals surface area contributed by atoms with Crippen LogP contribution in [0.15, 0.2) is 22.8 Å². The van der Waals surface area contributed by atoms with Crippen molar-refractivity contribution >= 4 is 33.7 Å². The standard InChI is InChI=1S/C15H23NO3.C8H16N2O2S/c1-3-5-7-12(4-2)10-13(11-17)16-15(18)14-8-6-9-19-14;1-9-5-4-6-10(7-8(9)11)13(2,3)12/h6,8-9,11-13H,3-5,7,10H2,1-2H3,(H,16,18);2,4-7H2,1,3H3. The normalized spacial score (nSPS) is 18.5. The average Bonchev–Trinajstić information content (AvgIpc) is 3.23. The van der Waals surface area contributed by atoms with Crippen LogP contribution in [0.5, 0.6) is 0 Å². The van der Waals surface area contributed by atoms with Crippen LogP contribution in [0.3, 0.4) is 0 Å². The molecule has 182 valence electrons. The van der Waals surface area contributed by atoms with Crippen molar-refractivity contribution in [2.75, 3.05) is 32.9 Å². The van der Waals surface area contributed by atoms with E-state index in [0.717, 1.165) is 44.9 Å². The summed E-state index contributed by atoms with van der Waals surface area (Å²) in [5, 5.41) is 2.71. The van der Waals surface area contributed by atoms with E-state index in [2.05, 4.69) is 25.0 Å². The Bertz CT molecular complexity index is 808. The Hall–Kier alpha value is -2.13. The summed E-state index contributed by atoms with van der Waals surface area (Å²) >= 11 is 0. The molecule has 3 atom stereocenters. The zero-order valence-electron chi connectivity index (χ0n) is 19.9. The second-order valence-corrected chi connectivity index (χ2v) is 10.8. The van der Waals surface area contributed by atoms with Crippen molar-refractivity contribution in [1.29, 1.82) is 0 Å². The maximum atomic E-state index is 11.8. The van der Waals surface area contributed by atoms with Crippen LogP contribution in [-0.2, 0) is 19.3 Å². The number of furan rings is 1. The molecule has 32 heavy (non-hydrogen) atoms. The van der Waals surface area contributed by atoms with Crippen LogP contribution < -0.4 is 5.32 Å². The number of carbonyl (C=O) groups is 3. The van der Waals surface area contributed by atoms with E-state index in [9.17, 15) is 18.6 Å². The van der Waals surface area contributed by atoms with Gasteiger partial charge < -0.3 is 19.4 Å². The molecule has 0 radical (unpaired) electrons. The monoisotopic (exact) mass is 469 g/mol. The summed E-state index contributed by atoms with van der Waals surface area (Å²) in [6, 6.07) is 2.81. The molecular weight excluding hydrogens is 430 g/mol. The maximum Gasteiger partial charge on any atom is 0.287 e. The van der Waals surface area contributed by atoms with Gasteiger partial charge in [0.05, 0.1) is 18.8 Å². The fourth-order valence-electron chi connectivity index (χ4n) is 3.43. The Morgan fingerprint density at radius 1 is 1.38 bits per heavy atom. The highest BCUT2D eigenvalue weighted by Crippen LogP contribution is 2.18. The van der Waals surface area contributed by atoms with Gasteiger partial charge in [-0.25, -0.2) is 4.31 Å². The smallest absolute Gasteiger partial charge is 0.287 e. The molecule has 0 aliphatic carbocycles. The predicted octanol–water partition coefficient (Wildman–Crippen LogP) is 2.60. The topological polar surface area (TPSA) is 99.9 Å². The predicted molar refractivity (Wildman–Crippen MR) is 129 cm³/mol. The summed E-state index contributed by atoms with van der Waals surface area (Å²) in [4.78, 5) is 36.0. The van der Waals surface area contributed by atoms with Crippen molar-refractivity contribution in [3.8, 4) is 0 Å². The lowest BCUT2D eigenvalue weighted by Gasteiger charge is -2.20. The minimum Gasteiger partial charge on any atom is -0.459 e. The fraction of sp³-hybridized carbons (Fsp3) is 0.652. The molecule has 9 heteroatoms. The van der Waals surface area contributed by atoms with Gasteiger partial charge in [-0.1, -0.05) is 39.5 Å². The Morgan fingerprint density at radius 3 is 2.62 bits per heavy atom. The Labute approximate surface area is 192 Å². The Balaban J connectivity index is 0.000000343. The van der Waals surface area contributed by atoms with Gasteiger partial charge in [-0.15, -0.1) is 0 Å². The Kier molecular flexibility index (Phi) is 12.3. The minimum absolute atomic E-state index is 0.0238. The van der Waals surface area contributed by atoms with Crippen LogP contribution in [-0.4, -0.2) is 76.4 Å². The highest BCUT2D eigenvalue weighted by Gasteiger charge is 2.22.